The fourth-order valence-corrected chi connectivity index (χ4v) is 2.91. The van der Waals surface area contributed by atoms with Crippen molar-refractivity contribution in [3.05, 3.63) is 56.9 Å². The van der Waals surface area contributed by atoms with Crippen LogP contribution in [-0.4, -0.2) is 46.6 Å². The fourth-order valence-electron chi connectivity index (χ4n) is 2.91. The van der Waals surface area contributed by atoms with Crippen LogP contribution >= 0.6 is 0 Å². The van der Waals surface area contributed by atoms with Gasteiger partial charge in [0.05, 0.1) is 13.2 Å². The molecule has 4 N–H and O–H groups in total. The van der Waals surface area contributed by atoms with Gasteiger partial charge in [0.1, 0.15) is 18.1 Å². The van der Waals surface area contributed by atoms with E-state index >= 15 is 0 Å². The lowest BCUT2D eigenvalue weighted by atomic mass is 10.2. The van der Waals surface area contributed by atoms with Crippen LogP contribution in [0.4, 0.5) is 10.5 Å². The number of aliphatic hydroxyl groups excluding tert-OH is 1. The zero-order valence-electron chi connectivity index (χ0n) is 15.5. The van der Waals surface area contributed by atoms with E-state index in [0.717, 1.165) is 0 Å². The average Bonchev–Trinajstić information content (AvgIpc) is 3.04. The molecular formula is C18H22N4O6. The Morgan fingerprint density at radius 3 is 2.75 bits per heavy atom. The van der Waals surface area contributed by atoms with Crippen molar-refractivity contribution in [2.45, 2.75) is 31.8 Å². The quantitative estimate of drug-likeness (QED) is 0.581. The van der Waals surface area contributed by atoms with Gasteiger partial charge >= 0.3 is 11.7 Å². The van der Waals surface area contributed by atoms with E-state index in [1.807, 2.05) is 0 Å². The number of benzene rings is 1. The predicted molar refractivity (Wildman–Crippen MR) is 101 cm³/mol. The van der Waals surface area contributed by atoms with Crippen molar-refractivity contribution in [1.29, 1.82) is 0 Å². The molecule has 150 valence electrons. The van der Waals surface area contributed by atoms with E-state index in [4.69, 9.17) is 9.47 Å². The molecule has 28 heavy (non-hydrogen) atoms. The van der Waals surface area contributed by atoms with Crippen LogP contribution in [-0.2, 0) is 4.74 Å². The summed E-state index contributed by atoms with van der Waals surface area (Å²) in [4.78, 5) is 37.7. The first kappa shape index (κ1) is 19.6. The van der Waals surface area contributed by atoms with E-state index in [1.54, 1.807) is 38.3 Å². The molecule has 10 nitrogen and oxygen atoms in total. The number of anilines is 1. The maximum Gasteiger partial charge on any atom is 0.330 e. The zero-order chi connectivity index (χ0) is 20.3. The zero-order valence-corrected chi connectivity index (χ0v) is 15.5. The van der Waals surface area contributed by atoms with Gasteiger partial charge in [0, 0.05) is 30.4 Å². The van der Waals surface area contributed by atoms with E-state index in [0.29, 0.717) is 17.0 Å². The molecule has 0 unspecified atom stereocenters. The molecule has 2 aromatic rings. The molecule has 1 aromatic carbocycles. The summed E-state index contributed by atoms with van der Waals surface area (Å²) in [5.41, 5.74) is -0.135. The minimum Gasteiger partial charge on any atom is -0.497 e. The molecule has 0 bridgehead atoms. The lowest BCUT2D eigenvalue weighted by Gasteiger charge is -2.17. The van der Waals surface area contributed by atoms with Gasteiger partial charge in [0.2, 0.25) is 0 Å². The first-order valence-corrected chi connectivity index (χ1v) is 8.72. The van der Waals surface area contributed by atoms with Crippen LogP contribution in [0.25, 0.3) is 0 Å². The normalized spacial score (nSPS) is 21.3. The van der Waals surface area contributed by atoms with E-state index in [2.05, 4.69) is 15.6 Å². The van der Waals surface area contributed by atoms with Crippen LogP contribution in [0.5, 0.6) is 5.75 Å². The number of aryl methyl sites for hydroxylation is 1. The van der Waals surface area contributed by atoms with Crippen molar-refractivity contribution in [3.8, 4) is 5.75 Å². The minimum atomic E-state index is -0.870. The maximum absolute atomic E-state index is 12.0. The molecule has 1 saturated heterocycles. The summed E-state index contributed by atoms with van der Waals surface area (Å²) in [7, 11) is 1.55. The second-order valence-corrected chi connectivity index (χ2v) is 6.47. The summed E-state index contributed by atoms with van der Waals surface area (Å²) in [6.07, 6.45) is -0.728. The summed E-state index contributed by atoms with van der Waals surface area (Å²) in [5, 5.41) is 15.5. The molecule has 1 aromatic heterocycles. The summed E-state index contributed by atoms with van der Waals surface area (Å²) in [6, 6.07) is 6.36. The Morgan fingerprint density at radius 2 is 2.07 bits per heavy atom. The number of carbonyl (C=O) groups is 1. The van der Waals surface area contributed by atoms with Crippen molar-refractivity contribution in [2.75, 3.05) is 19.0 Å². The number of nitrogens with one attached hydrogen (secondary N) is 3. The van der Waals surface area contributed by atoms with Crippen LogP contribution < -0.4 is 26.6 Å². The lowest BCUT2D eigenvalue weighted by molar-refractivity contribution is -0.0178. The van der Waals surface area contributed by atoms with Gasteiger partial charge in [-0.3, -0.25) is 14.3 Å². The van der Waals surface area contributed by atoms with Crippen LogP contribution in [0.3, 0.4) is 0 Å². The average molecular weight is 390 g/mol. The Morgan fingerprint density at radius 1 is 1.36 bits per heavy atom. The Labute approximate surface area is 160 Å². The van der Waals surface area contributed by atoms with Crippen molar-refractivity contribution < 1.29 is 19.4 Å². The van der Waals surface area contributed by atoms with Gasteiger partial charge in [0.15, 0.2) is 0 Å². The standard InChI is InChI=1S/C18H22N4O6/c1-10-9-22(18(26)21-16(10)24)15-7-13(23)14(28-15)8-19-17(25)20-11-3-5-12(27-2)6-4-11/h3-6,9,13-15,23H,7-8H2,1-2H3,(H2,19,20,25)(H,21,24,26)/t13-,14+,15-/m0/s1. The Balaban J connectivity index is 1.56. The molecule has 2 heterocycles. The molecule has 2 amide bonds. The number of amides is 2. The maximum atomic E-state index is 12.0. The number of methoxy groups -OCH3 is 1. The second kappa shape index (κ2) is 8.28. The second-order valence-electron chi connectivity index (χ2n) is 6.47. The number of aromatic amines is 1. The van der Waals surface area contributed by atoms with Crippen molar-refractivity contribution in [2.24, 2.45) is 0 Å². The molecule has 0 saturated carbocycles. The molecular weight excluding hydrogens is 368 g/mol. The number of urea groups is 1. The fraction of sp³-hybridized carbons (Fsp3) is 0.389. The highest BCUT2D eigenvalue weighted by molar-refractivity contribution is 5.89. The summed E-state index contributed by atoms with van der Waals surface area (Å²) in [6.45, 7) is 1.62. The van der Waals surface area contributed by atoms with E-state index in [1.165, 1.54) is 10.8 Å². The highest BCUT2D eigenvalue weighted by Gasteiger charge is 2.35. The molecule has 10 heteroatoms. The van der Waals surface area contributed by atoms with Gasteiger partial charge in [0.25, 0.3) is 5.56 Å². The SMILES string of the molecule is COc1ccc(NC(=O)NC[C@H]2O[C@H](n3cc(C)c(=O)[nH]c3=O)C[C@@H]2O)cc1. The monoisotopic (exact) mass is 390 g/mol. The number of aliphatic hydroxyl groups is 1. The van der Waals surface area contributed by atoms with Crippen LogP contribution in [0.2, 0.25) is 0 Å². The van der Waals surface area contributed by atoms with Gasteiger partial charge < -0.3 is 25.2 Å². The minimum absolute atomic E-state index is 0.0523. The molecule has 3 atom stereocenters. The first-order valence-electron chi connectivity index (χ1n) is 8.72. The number of hydrogen-bond donors (Lipinski definition) is 4. The summed E-state index contributed by atoms with van der Waals surface area (Å²) < 4.78 is 12.0. The third-order valence-corrected chi connectivity index (χ3v) is 4.47. The summed E-state index contributed by atoms with van der Waals surface area (Å²) in [5.74, 6) is 0.673. The Bertz CT molecular complexity index is 952. The molecule has 1 fully saturated rings. The largest absolute Gasteiger partial charge is 0.497 e. The number of aromatic nitrogens is 2. The van der Waals surface area contributed by atoms with Crippen molar-refractivity contribution in [1.82, 2.24) is 14.9 Å². The highest BCUT2D eigenvalue weighted by Crippen LogP contribution is 2.27. The molecule has 0 spiro atoms. The van der Waals surface area contributed by atoms with Crippen LogP contribution in [0.1, 0.15) is 18.2 Å². The van der Waals surface area contributed by atoms with Crippen LogP contribution in [0.15, 0.2) is 40.1 Å². The molecule has 0 aliphatic carbocycles. The van der Waals surface area contributed by atoms with Gasteiger partial charge in [-0.05, 0) is 31.2 Å². The summed E-state index contributed by atoms with van der Waals surface area (Å²) >= 11 is 0. The number of ether oxygens (including phenoxy) is 2. The van der Waals surface area contributed by atoms with Crippen molar-refractivity contribution in [3.63, 3.8) is 0 Å². The van der Waals surface area contributed by atoms with Crippen molar-refractivity contribution >= 4 is 11.7 Å². The van der Waals surface area contributed by atoms with Gasteiger partial charge in [-0.1, -0.05) is 0 Å². The number of hydrogen-bond acceptors (Lipinski definition) is 6. The first-order chi connectivity index (χ1) is 13.4. The number of H-pyrrole nitrogens is 1. The third-order valence-electron chi connectivity index (χ3n) is 4.47. The van der Waals surface area contributed by atoms with Crippen LogP contribution in [0, 0.1) is 6.92 Å². The van der Waals surface area contributed by atoms with E-state index in [-0.39, 0.29) is 13.0 Å². The molecule has 1 aliphatic rings. The van der Waals surface area contributed by atoms with Gasteiger partial charge in [-0.25, -0.2) is 9.59 Å². The smallest absolute Gasteiger partial charge is 0.330 e. The predicted octanol–water partition coefficient (Wildman–Crippen LogP) is 0.324. The molecule has 1 aliphatic heterocycles. The number of rotatable bonds is 5. The molecule has 3 rings (SSSR count). The molecule has 0 radical (unpaired) electrons. The highest BCUT2D eigenvalue weighted by atomic mass is 16.5. The lowest BCUT2D eigenvalue weighted by Crippen LogP contribution is -2.39. The number of nitrogens with zero attached hydrogens (tertiary/aromatic N) is 1. The number of carbonyl (C=O) groups excluding carboxylic acids is 1. The van der Waals surface area contributed by atoms with E-state index < -0.39 is 35.7 Å². The Kier molecular flexibility index (Phi) is 5.81. The third kappa shape index (κ3) is 4.41. The van der Waals surface area contributed by atoms with Gasteiger partial charge in [-0.2, -0.15) is 0 Å². The Hall–Kier alpha value is -3.11. The topological polar surface area (TPSA) is 135 Å². The van der Waals surface area contributed by atoms with E-state index in [9.17, 15) is 19.5 Å². The van der Waals surface area contributed by atoms with Gasteiger partial charge in [-0.15, -0.1) is 0 Å².